The van der Waals surface area contributed by atoms with Gasteiger partial charge in [0.25, 0.3) is 0 Å². The summed E-state index contributed by atoms with van der Waals surface area (Å²) in [6.45, 7) is 0. The van der Waals surface area contributed by atoms with Gasteiger partial charge in [0.1, 0.15) is 27.9 Å². The molecule has 0 fully saturated rings. The molecule has 664 valence electrons. The second-order valence-corrected chi connectivity index (χ2v) is 37.1. The van der Waals surface area contributed by atoms with Crippen molar-refractivity contribution in [2.45, 2.75) is 0 Å². The van der Waals surface area contributed by atoms with Crippen LogP contribution in [0, 0.1) is 9.39 Å². The lowest BCUT2D eigenvalue weighted by molar-refractivity contribution is 0.614. The third kappa shape index (κ3) is 15.9. The number of rotatable bonds is 12. The number of nitrogens with zero attached hydrogens (tertiary/aromatic N) is 8. The second kappa shape index (κ2) is 35.9. The molecule has 12 nitrogen and oxygen atoms in total. The average Bonchev–Trinajstić information content (AvgIpc) is 1.60. The van der Waals surface area contributed by atoms with Crippen molar-refractivity contribution in [2.24, 2.45) is 0 Å². The quantitative estimate of drug-likeness (QED) is 0.111. The molecule has 0 amide bonds. The molecule has 0 unspecified atom stereocenters. The van der Waals surface area contributed by atoms with Crippen molar-refractivity contribution in [2.75, 3.05) is 0 Å². The summed E-state index contributed by atoms with van der Waals surface area (Å²) in [4.78, 5) is 18.4. The zero-order valence-corrected chi connectivity index (χ0v) is 79.1. The molecular formula is C124H76BrClFIN8O4. The molecule has 0 aliphatic heterocycles. The highest BCUT2D eigenvalue weighted by Gasteiger charge is 2.22. The van der Waals surface area contributed by atoms with Gasteiger partial charge in [-0.15, -0.1) is 0 Å². The number of fused-ring (bicyclic) bond motifs is 16. The van der Waals surface area contributed by atoms with Crippen LogP contribution in [0.15, 0.2) is 483 Å². The minimum atomic E-state index is -0.322. The van der Waals surface area contributed by atoms with E-state index in [-0.39, 0.29) is 5.82 Å². The van der Waals surface area contributed by atoms with Gasteiger partial charge < -0.3 is 35.9 Å². The van der Waals surface area contributed by atoms with E-state index in [1.165, 1.54) is 127 Å². The summed E-state index contributed by atoms with van der Waals surface area (Å²) in [5, 5.41) is 10.6. The lowest BCUT2D eigenvalue weighted by Crippen LogP contribution is -1.92. The maximum Gasteiger partial charge on any atom is 0.227 e. The third-order valence-corrected chi connectivity index (χ3v) is 27.4. The topological polar surface area (TPSA) is 124 Å². The molecule has 8 heterocycles. The fourth-order valence-corrected chi connectivity index (χ4v) is 20.3. The first-order valence-electron chi connectivity index (χ1n) is 46.0. The fraction of sp³-hybridized carbons (Fsp3) is 0. The number of hydrogen-bond acceptors (Lipinski definition) is 8. The molecule has 0 aliphatic carbocycles. The normalized spacial score (nSPS) is 11.6. The summed E-state index contributed by atoms with van der Waals surface area (Å²) in [5.74, 6) is 2.03. The first-order chi connectivity index (χ1) is 69.0. The Morgan fingerprint density at radius 3 is 0.821 bits per heavy atom. The van der Waals surface area contributed by atoms with Crippen molar-refractivity contribution in [1.29, 1.82) is 0 Å². The van der Waals surface area contributed by atoms with Crippen LogP contribution in [0.4, 0.5) is 4.39 Å². The smallest absolute Gasteiger partial charge is 0.227 e. The summed E-state index contributed by atoms with van der Waals surface area (Å²) in [6, 6.07) is 158. The second-order valence-electron chi connectivity index (χ2n) is 34.5. The van der Waals surface area contributed by atoms with Crippen molar-refractivity contribution in [1.82, 2.24) is 38.2 Å². The van der Waals surface area contributed by atoms with E-state index in [1.54, 1.807) is 12.1 Å². The lowest BCUT2D eigenvalue weighted by atomic mass is 10.0. The van der Waals surface area contributed by atoms with Gasteiger partial charge in [0.05, 0.1) is 44.1 Å². The predicted molar refractivity (Wildman–Crippen MR) is 582 cm³/mol. The van der Waals surface area contributed by atoms with E-state index in [1.807, 2.05) is 66.7 Å². The van der Waals surface area contributed by atoms with E-state index in [9.17, 15) is 4.39 Å². The number of halogens is 4. The van der Waals surface area contributed by atoms with Crippen LogP contribution in [0.1, 0.15) is 0 Å². The molecule has 20 aromatic carbocycles. The molecule has 0 saturated heterocycles. The van der Waals surface area contributed by atoms with Gasteiger partial charge in [0.15, 0.2) is 22.3 Å². The van der Waals surface area contributed by atoms with Gasteiger partial charge in [-0.2, -0.15) is 0 Å². The van der Waals surface area contributed by atoms with Crippen LogP contribution < -0.4 is 0 Å². The van der Waals surface area contributed by atoms with Gasteiger partial charge in [0, 0.05) is 113 Å². The van der Waals surface area contributed by atoms with Crippen LogP contribution in [0.3, 0.4) is 0 Å². The Morgan fingerprint density at radius 1 is 0.214 bits per heavy atom. The van der Waals surface area contributed by atoms with Crippen molar-refractivity contribution in [3.63, 3.8) is 0 Å². The Balaban J connectivity index is 0.0000000985. The number of oxazole rings is 4. The molecule has 0 radical (unpaired) electrons. The van der Waals surface area contributed by atoms with Gasteiger partial charge in [-0.1, -0.05) is 246 Å². The van der Waals surface area contributed by atoms with E-state index in [0.29, 0.717) is 45.3 Å². The van der Waals surface area contributed by atoms with Crippen LogP contribution >= 0.6 is 50.1 Å². The molecule has 0 bridgehead atoms. The van der Waals surface area contributed by atoms with Crippen molar-refractivity contribution >= 4 is 182 Å². The van der Waals surface area contributed by atoms with Crippen LogP contribution in [0.5, 0.6) is 0 Å². The molecule has 28 rings (SSSR count). The van der Waals surface area contributed by atoms with Crippen molar-refractivity contribution < 1.29 is 22.1 Å². The molecule has 28 aromatic rings. The van der Waals surface area contributed by atoms with Crippen molar-refractivity contribution in [3.8, 4) is 113 Å². The SMILES string of the molecule is Brc1ccc2nc(-c3ccc(-c4ccc5c(c4)c4ccccc4n5-c4ccccc4)cc3)oc2c1.Clc1ccc2nc(-c3ccc(-c4ccc5c(c4)c4ccccc4n5-c4ccccc4)cc3)oc2c1.Fc1ccc2oc(-c3ccc(-c4ccc5c(c4)c4ccccc4n5-c4ccccc4)cc3)nc2c1.Ic1ccc2nc(-c3ccc(-c4ccc5c(c4)c4ccccc4n5-c4ccccc4)cc3)oc2c1. The third-order valence-electron chi connectivity index (χ3n) is 26.0. The summed E-state index contributed by atoms with van der Waals surface area (Å²) < 4.78 is 48.7. The molecule has 0 atom stereocenters. The maximum absolute atomic E-state index is 13.5. The van der Waals surface area contributed by atoms with Crippen LogP contribution in [-0.2, 0) is 0 Å². The van der Waals surface area contributed by atoms with E-state index < -0.39 is 0 Å². The maximum atomic E-state index is 13.5. The highest BCUT2D eigenvalue weighted by Crippen LogP contribution is 2.43. The Kier molecular flexibility index (Phi) is 21.7. The highest BCUT2D eigenvalue weighted by molar-refractivity contribution is 14.1. The standard InChI is InChI=1S/C31H19BrN2O.C31H19ClN2O.C31H19FN2O.C31H19IN2O/c2*32-23-15-16-27-30(19-23)35-31(33-27)21-12-10-20(11-13-21)22-14-17-29-26(18-22)25-8-4-5-9-28(25)34(29)24-6-2-1-3-7-24;32-23-15-17-30-27(19-23)33-31(35-30)21-12-10-20(11-13-21)22-14-16-29-26(18-22)25-8-4-5-9-28(25)34(29)24-6-2-1-3-7-24;32-23-15-16-27-30(19-23)35-31(33-27)21-12-10-20(11-13-21)22-14-17-29-26(18-22)25-8-4-5-9-28(25)34(29)24-6-2-1-3-7-24/h4*1-19H. The molecule has 140 heavy (non-hydrogen) atoms. The predicted octanol–water partition coefficient (Wildman–Crippen LogP) is 35.2. The largest absolute Gasteiger partial charge is 0.436 e. The fourth-order valence-electron chi connectivity index (χ4n) is 19.3. The molecule has 16 heteroatoms. The summed E-state index contributed by atoms with van der Waals surface area (Å²) in [7, 11) is 0. The average molecular weight is 2000 g/mol. The van der Waals surface area contributed by atoms with E-state index in [4.69, 9.17) is 29.3 Å². The van der Waals surface area contributed by atoms with Gasteiger partial charge in [0.2, 0.25) is 23.6 Å². The van der Waals surface area contributed by atoms with Crippen molar-refractivity contribution in [3.05, 3.63) is 480 Å². The van der Waals surface area contributed by atoms with E-state index in [2.05, 4.69) is 447 Å². The highest BCUT2D eigenvalue weighted by atomic mass is 127. The first kappa shape index (κ1) is 84.6. The van der Waals surface area contributed by atoms with E-state index >= 15 is 0 Å². The number of para-hydroxylation sites is 8. The Morgan fingerprint density at radius 2 is 0.479 bits per heavy atom. The summed E-state index contributed by atoms with van der Waals surface area (Å²) in [6.07, 6.45) is 0. The number of aromatic nitrogens is 8. The van der Waals surface area contributed by atoms with Gasteiger partial charge in [-0.3, -0.25) is 0 Å². The minimum absolute atomic E-state index is 0.322. The summed E-state index contributed by atoms with van der Waals surface area (Å²) >= 11 is 11.9. The number of hydrogen-bond donors (Lipinski definition) is 0. The van der Waals surface area contributed by atoms with E-state index in [0.717, 1.165) is 97.2 Å². The van der Waals surface area contributed by atoms with Gasteiger partial charge in [-0.05, 0) is 298 Å². The van der Waals surface area contributed by atoms with Crippen LogP contribution in [-0.4, -0.2) is 38.2 Å². The molecule has 8 aromatic heterocycles. The van der Waals surface area contributed by atoms with Gasteiger partial charge in [-0.25, -0.2) is 24.3 Å². The molecule has 0 N–H and O–H groups in total. The monoisotopic (exact) mass is 2000 g/mol. The zero-order valence-electron chi connectivity index (χ0n) is 74.6. The zero-order chi connectivity index (χ0) is 93.4. The number of benzene rings is 20. The molecule has 0 aliphatic rings. The van der Waals surface area contributed by atoms with Crippen LogP contribution in [0.25, 0.3) is 245 Å². The minimum Gasteiger partial charge on any atom is -0.436 e. The Labute approximate surface area is 828 Å². The molecule has 0 spiro atoms. The first-order valence-corrected chi connectivity index (χ1v) is 48.3. The van der Waals surface area contributed by atoms with Gasteiger partial charge >= 0.3 is 0 Å². The Hall–Kier alpha value is -17.1. The molecular weight excluding hydrogens is 1930 g/mol. The Bertz CT molecular complexity index is 8500. The molecule has 0 saturated carbocycles. The summed E-state index contributed by atoms with van der Waals surface area (Å²) in [5.41, 5.74) is 33.1. The lowest BCUT2D eigenvalue weighted by Gasteiger charge is -2.08. The van der Waals surface area contributed by atoms with Crippen LogP contribution in [0.2, 0.25) is 5.02 Å².